The van der Waals surface area contributed by atoms with Gasteiger partial charge in [0.05, 0.1) is 30.0 Å². The maximum atomic E-state index is 12.4. The van der Waals surface area contributed by atoms with Gasteiger partial charge in [-0.3, -0.25) is 4.79 Å². The van der Waals surface area contributed by atoms with Crippen LogP contribution in [0.15, 0.2) is 24.3 Å². The number of nitrogens with one attached hydrogen (secondary N) is 1. The van der Waals surface area contributed by atoms with Crippen molar-refractivity contribution >= 4 is 17.4 Å². The molecule has 0 aliphatic heterocycles. The fraction of sp³-hybridized carbons (Fsp3) is 0.375. The number of aryl methyl sites for hydroxylation is 2. The summed E-state index contributed by atoms with van der Waals surface area (Å²) in [5.74, 6) is -0.722. The van der Waals surface area contributed by atoms with Gasteiger partial charge >= 0.3 is 12.4 Å². The van der Waals surface area contributed by atoms with Gasteiger partial charge in [-0.15, -0.1) is 0 Å². The molecule has 0 saturated carbocycles. The number of benzene rings is 1. The molecule has 1 amide bonds. The number of anilines is 1. The van der Waals surface area contributed by atoms with E-state index < -0.39 is 11.5 Å². The fourth-order valence-electron chi connectivity index (χ4n) is 2.29. The van der Waals surface area contributed by atoms with Crippen LogP contribution < -0.4 is 14.8 Å². The second-order valence-electron chi connectivity index (χ2n) is 5.40. The highest BCUT2D eigenvalue weighted by Crippen LogP contribution is 2.31. The Morgan fingerprint density at radius 1 is 1.37 bits per heavy atom. The second-order valence-corrected chi connectivity index (χ2v) is 5.40. The van der Waals surface area contributed by atoms with E-state index in [4.69, 9.17) is 4.74 Å². The molecule has 0 bridgehead atoms. The van der Waals surface area contributed by atoms with E-state index in [0.29, 0.717) is 11.4 Å². The normalized spacial score (nSPS) is 10.7. The SMILES string of the molecule is CCOc1cc(NC(=O)CCn2nc([N+](=O)[O-])cc2C)ccc1OC(F)F. The fourth-order valence-corrected chi connectivity index (χ4v) is 2.29. The summed E-state index contributed by atoms with van der Waals surface area (Å²) in [7, 11) is 0. The molecular formula is C16H18F2N4O5. The quantitative estimate of drug-likeness (QED) is 0.526. The van der Waals surface area contributed by atoms with Gasteiger partial charge in [-0.25, -0.2) is 0 Å². The number of hydrogen-bond acceptors (Lipinski definition) is 6. The highest BCUT2D eigenvalue weighted by Gasteiger charge is 2.17. The molecule has 1 N–H and O–H groups in total. The number of carbonyl (C=O) groups is 1. The molecule has 146 valence electrons. The van der Waals surface area contributed by atoms with Crippen molar-refractivity contribution in [2.75, 3.05) is 11.9 Å². The number of nitro groups is 1. The van der Waals surface area contributed by atoms with Crippen LogP contribution in [-0.2, 0) is 11.3 Å². The van der Waals surface area contributed by atoms with Crippen LogP contribution in [0.2, 0.25) is 0 Å². The first kappa shape index (κ1) is 20.1. The van der Waals surface area contributed by atoms with Crippen LogP contribution in [0.4, 0.5) is 20.3 Å². The van der Waals surface area contributed by atoms with E-state index in [9.17, 15) is 23.7 Å². The minimum Gasteiger partial charge on any atom is -0.490 e. The highest BCUT2D eigenvalue weighted by molar-refractivity contribution is 5.91. The molecule has 0 atom stereocenters. The molecule has 1 aromatic carbocycles. The molecule has 0 unspecified atom stereocenters. The van der Waals surface area contributed by atoms with Gasteiger partial charge in [-0.05, 0) is 30.9 Å². The minimum absolute atomic E-state index is 0.0128. The summed E-state index contributed by atoms with van der Waals surface area (Å²) in [4.78, 5) is 22.2. The van der Waals surface area contributed by atoms with E-state index >= 15 is 0 Å². The van der Waals surface area contributed by atoms with Crippen molar-refractivity contribution in [1.29, 1.82) is 0 Å². The summed E-state index contributed by atoms with van der Waals surface area (Å²) in [6.07, 6.45) is 0.0128. The predicted octanol–water partition coefficient (Wildman–Crippen LogP) is 3.13. The number of halogens is 2. The van der Waals surface area contributed by atoms with E-state index in [1.54, 1.807) is 13.8 Å². The lowest BCUT2D eigenvalue weighted by Crippen LogP contribution is -2.16. The number of nitrogens with zero attached hydrogens (tertiary/aromatic N) is 3. The number of ether oxygens (including phenoxy) is 2. The number of alkyl halides is 2. The van der Waals surface area contributed by atoms with Gasteiger partial charge in [-0.2, -0.15) is 13.5 Å². The molecule has 2 rings (SSSR count). The van der Waals surface area contributed by atoms with E-state index in [0.717, 1.165) is 0 Å². The average molecular weight is 384 g/mol. The maximum absolute atomic E-state index is 12.4. The Balaban J connectivity index is 2.00. The van der Waals surface area contributed by atoms with E-state index in [1.165, 1.54) is 28.9 Å². The van der Waals surface area contributed by atoms with Crippen molar-refractivity contribution in [3.8, 4) is 11.5 Å². The summed E-state index contributed by atoms with van der Waals surface area (Å²) < 4.78 is 35.8. The van der Waals surface area contributed by atoms with Crippen LogP contribution in [0.1, 0.15) is 19.0 Å². The second kappa shape index (κ2) is 8.92. The van der Waals surface area contributed by atoms with Crippen molar-refractivity contribution in [3.05, 3.63) is 40.1 Å². The van der Waals surface area contributed by atoms with Gasteiger partial charge in [0.15, 0.2) is 11.5 Å². The topological polar surface area (TPSA) is 109 Å². The molecule has 0 fully saturated rings. The van der Waals surface area contributed by atoms with Gasteiger partial charge in [0.25, 0.3) is 0 Å². The molecule has 0 aliphatic carbocycles. The first-order valence-corrected chi connectivity index (χ1v) is 8.00. The van der Waals surface area contributed by atoms with E-state index in [1.807, 2.05) is 0 Å². The summed E-state index contributed by atoms with van der Waals surface area (Å²) in [6.45, 7) is 0.716. The minimum atomic E-state index is -2.99. The maximum Gasteiger partial charge on any atom is 0.390 e. The Hall–Kier alpha value is -3.24. The van der Waals surface area contributed by atoms with Crippen molar-refractivity contribution in [2.24, 2.45) is 0 Å². The Kier molecular flexibility index (Phi) is 6.63. The molecule has 27 heavy (non-hydrogen) atoms. The van der Waals surface area contributed by atoms with Gasteiger partial charge in [-0.1, -0.05) is 0 Å². The monoisotopic (exact) mass is 384 g/mol. The van der Waals surface area contributed by atoms with Crippen molar-refractivity contribution in [2.45, 2.75) is 33.4 Å². The van der Waals surface area contributed by atoms with Crippen molar-refractivity contribution in [3.63, 3.8) is 0 Å². The van der Waals surface area contributed by atoms with Crippen LogP contribution in [0.25, 0.3) is 0 Å². The van der Waals surface area contributed by atoms with E-state index in [2.05, 4.69) is 15.2 Å². The third kappa shape index (κ3) is 5.62. The largest absolute Gasteiger partial charge is 0.490 e. The zero-order valence-corrected chi connectivity index (χ0v) is 14.6. The Labute approximate surface area is 153 Å². The molecular weight excluding hydrogens is 366 g/mol. The molecule has 0 spiro atoms. The summed E-state index contributed by atoms with van der Waals surface area (Å²) in [6, 6.07) is 5.37. The van der Waals surface area contributed by atoms with Gasteiger partial charge in [0.2, 0.25) is 5.91 Å². The average Bonchev–Trinajstić information content (AvgIpc) is 2.96. The summed E-state index contributed by atoms with van der Waals surface area (Å²) in [5.41, 5.74) is 0.898. The lowest BCUT2D eigenvalue weighted by atomic mass is 10.2. The molecule has 2 aromatic rings. The van der Waals surface area contributed by atoms with E-state index in [-0.39, 0.29) is 42.8 Å². The van der Waals surface area contributed by atoms with Crippen LogP contribution in [0.3, 0.4) is 0 Å². The lowest BCUT2D eigenvalue weighted by molar-refractivity contribution is -0.389. The first-order chi connectivity index (χ1) is 12.8. The molecule has 1 heterocycles. The number of aromatic nitrogens is 2. The van der Waals surface area contributed by atoms with Gasteiger partial charge in [0.1, 0.15) is 0 Å². The number of carbonyl (C=O) groups excluding carboxylic acids is 1. The van der Waals surface area contributed by atoms with Gasteiger partial charge < -0.3 is 24.9 Å². The molecule has 0 saturated heterocycles. The third-order valence-electron chi connectivity index (χ3n) is 3.45. The lowest BCUT2D eigenvalue weighted by Gasteiger charge is -2.13. The Morgan fingerprint density at radius 2 is 2.11 bits per heavy atom. The smallest absolute Gasteiger partial charge is 0.390 e. The summed E-state index contributed by atoms with van der Waals surface area (Å²) in [5, 5.41) is 17.1. The van der Waals surface area contributed by atoms with Gasteiger partial charge in [0, 0.05) is 18.2 Å². The predicted molar refractivity (Wildman–Crippen MR) is 91.1 cm³/mol. The van der Waals surface area contributed by atoms with Crippen LogP contribution in [0, 0.1) is 17.0 Å². The molecule has 1 aromatic heterocycles. The molecule has 9 nitrogen and oxygen atoms in total. The van der Waals surface area contributed by atoms with Crippen LogP contribution in [0.5, 0.6) is 11.5 Å². The molecule has 0 aliphatic rings. The number of hydrogen-bond donors (Lipinski definition) is 1. The highest BCUT2D eigenvalue weighted by atomic mass is 19.3. The zero-order chi connectivity index (χ0) is 20.0. The Morgan fingerprint density at radius 3 is 2.70 bits per heavy atom. The van der Waals surface area contributed by atoms with Crippen molar-refractivity contribution in [1.82, 2.24) is 9.78 Å². The molecule has 0 radical (unpaired) electrons. The third-order valence-corrected chi connectivity index (χ3v) is 3.45. The summed E-state index contributed by atoms with van der Waals surface area (Å²) >= 11 is 0. The Bertz CT molecular complexity index is 825. The number of rotatable bonds is 9. The molecule has 11 heteroatoms. The number of amides is 1. The van der Waals surface area contributed by atoms with Crippen LogP contribution in [-0.4, -0.2) is 33.8 Å². The first-order valence-electron chi connectivity index (χ1n) is 8.00. The van der Waals surface area contributed by atoms with Crippen LogP contribution >= 0.6 is 0 Å². The van der Waals surface area contributed by atoms with Crippen molar-refractivity contribution < 1.29 is 28.0 Å². The zero-order valence-electron chi connectivity index (χ0n) is 14.6. The standard InChI is InChI=1S/C16H18F2N4O5/c1-3-26-13-9-11(4-5-12(13)27-16(17)18)19-15(23)6-7-21-10(2)8-14(20-21)22(24)25/h4-5,8-9,16H,3,6-7H2,1-2H3,(H,19,23).